The number of piperazine rings is 1. The summed E-state index contributed by atoms with van der Waals surface area (Å²) >= 11 is 0. The van der Waals surface area contributed by atoms with Crippen molar-refractivity contribution in [1.29, 1.82) is 0 Å². The van der Waals surface area contributed by atoms with Gasteiger partial charge in [0.25, 0.3) is 5.91 Å². The van der Waals surface area contributed by atoms with Crippen LogP contribution in [0.2, 0.25) is 0 Å². The van der Waals surface area contributed by atoms with Crippen LogP contribution in [0.3, 0.4) is 0 Å². The molecule has 3 N–H and O–H groups in total. The molecule has 1 unspecified atom stereocenters. The minimum absolute atomic E-state index is 0.0154. The molecule has 11 heteroatoms. The Balaban J connectivity index is 1.34. The first kappa shape index (κ1) is 36.8. The topological polar surface area (TPSA) is 138 Å². The molecule has 0 aromatic heterocycles. The van der Waals surface area contributed by atoms with E-state index in [0.717, 1.165) is 5.56 Å². The van der Waals surface area contributed by atoms with Gasteiger partial charge in [-0.2, -0.15) is 0 Å². The Labute approximate surface area is 298 Å². The number of ether oxygens (including phenoxy) is 2. The maximum atomic E-state index is 14.0. The number of aliphatic hydroxyl groups is 1. The molecule has 4 aromatic rings. The molecule has 51 heavy (non-hydrogen) atoms. The molecule has 11 nitrogen and oxygen atoms in total. The molecule has 4 aromatic carbocycles. The molecule has 3 amide bonds. The number of nitrogens with zero attached hydrogens (tertiary/aromatic N) is 2. The fourth-order valence-electron chi connectivity index (χ4n) is 5.64. The van der Waals surface area contributed by atoms with Crippen LogP contribution in [0.25, 0.3) is 0 Å². The van der Waals surface area contributed by atoms with E-state index in [1.807, 2.05) is 56.0 Å². The van der Waals surface area contributed by atoms with Crippen molar-refractivity contribution in [3.05, 3.63) is 137 Å². The van der Waals surface area contributed by atoms with Gasteiger partial charge in [0.1, 0.15) is 18.2 Å². The maximum Gasteiger partial charge on any atom is 0.410 e. The van der Waals surface area contributed by atoms with Gasteiger partial charge < -0.3 is 30.1 Å². The number of anilines is 1. The van der Waals surface area contributed by atoms with Gasteiger partial charge in [0.05, 0.1) is 11.8 Å². The normalized spacial score (nSPS) is 14.5. The van der Waals surface area contributed by atoms with Gasteiger partial charge in [-0.25, -0.2) is 9.59 Å². The van der Waals surface area contributed by atoms with E-state index in [1.54, 1.807) is 83.8 Å². The number of benzene rings is 4. The van der Waals surface area contributed by atoms with Crippen molar-refractivity contribution in [2.45, 2.75) is 45.1 Å². The monoisotopic (exact) mass is 692 g/mol. The zero-order valence-electron chi connectivity index (χ0n) is 29.1. The van der Waals surface area contributed by atoms with Gasteiger partial charge in [0.2, 0.25) is 0 Å². The molecule has 1 saturated heterocycles. The van der Waals surface area contributed by atoms with Crippen LogP contribution in [-0.2, 0) is 20.9 Å². The molecular weight excluding hydrogens is 648 g/mol. The average molecular weight is 693 g/mol. The molecule has 5 rings (SSSR count). The number of β-amino-alcohol motifs (C(OH)–C–C–N with tert-alkyl or cyclic N) is 1. The predicted molar refractivity (Wildman–Crippen MR) is 193 cm³/mol. The van der Waals surface area contributed by atoms with E-state index >= 15 is 0 Å². The van der Waals surface area contributed by atoms with Crippen molar-refractivity contribution in [3.63, 3.8) is 0 Å². The number of aliphatic hydroxyl groups excluding tert-OH is 1. The Morgan fingerprint density at radius 3 is 2.02 bits per heavy atom. The molecule has 0 spiro atoms. The van der Waals surface area contributed by atoms with Gasteiger partial charge in [-0.1, -0.05) is 97.1 Å². The quantitative estimate of drug-likeness (QED) is 0.160. The Hall–Kier alpha value is -5.52. The fraction of sp³-hybridized carbons (Fsp3) is 0.300. The Kier molecular flexibility index (Phi) is 12.2. The van der Waals surface area contributed by atoms with E-state index in [4.69, 9.17) is 9.47 Å². The summed E-state index contributed by atoms with van der Waals surface area (Å²) in [6.07, 6.45) is -2.13. The molecule has 1 aliphatic rings. The summed E-state index contributed by atoms with van der Waals surface area (Å²) in [7, 11) is 0. The zero-order chi connectivity index (χ0) is 36.4. The molecule has 1 fully saturated rings. The second-order valence-corrected chi connectivity index (χ2v) is 13.3. The van der Waals surface area contributed by atoms with Crippen molar-refractivity contribution >= 4 is 29.6 Å². The van der Waals surface area contributed by atoms with Crippen molar-refractivity contribution in [3.8, 4) is 0 Å². The third-order valence-electron chi connectivity index (χ3n) is 8.29. The summed E-state index contributed by atoms with van der Waals surface area (Å²) in [5.74, 6) is -0.929. The molecular formula is C40H44N4O7. The highest BCUT2D eigenvalue weighted by Crippen LogP contribution is 2.27. The molecule has 0 bridgehead atoms. The number of rotatable bonds is 11. The molecule has 0 aliphatic carbocycles. The maximum absolute atomic E-state index is 14.0. The first-order valence-electron chi connectivity index (χ1n) is 16.9. The molecule has 266 valence electrons. The highest BCUT2D eigenvalue weighted by Gasteiger charge is 2.29. The largest absolute Gasteiger partial charge is 0.445 e. The third-order valence-corrected chi connectivity index (χ3v) is 8.29. The summed E-state index contributed by atoms with van der Waals surface area (Å²) in [5.41, 5.74) is 2.01. The smallest absolute Gasteiger partial charge is 0.410 e. The fourth-order valence-corrected chi connectivity index (χ4v) is 5.64. The number of hydrogen-bond acceptors (Lipinski definition) is 8. The number of alkyl carbamates (subject to hydrolysis) is 1. The molecule has 2 atom stereocenters. The summed E-state index contributed by atoms with van der Waals surface area (Å²) < 4.78 is 10.9. The number of carbonyl (C=O) groups excluding carboxylic acids is 4. The lowest BCUT2D eigenvalue weighted by molar-refractivity contribution is -0.118. The molecule has 0 saturated carbocycles. The van der Waals surface area contributed by atoms with Gasteiger partial charge in [-0.05, 0) is 49.6 Å². The standard InChI is InChI=1S/C40H44N4O7/c1-40(2,3)51-39(49)44-23-21-43(22-24-44)26-34(45)31-19-20-32(36(46)30-17-11-6-12-18-30)33(25-31)41-37(47)35(29-15-9-5-10-16-29)42-38(48)50-27-28-13-7-4-8-14-28/h4-20,25,34-35,45H,21-24,26-27H2,1-3H3,(H,41,47)(H,42,48)/t34?,35-/m1/s1. The minimum atomic E-state index is -1.16. The molecule has 1 aliphatic heterocycles. The third kappa shape index (κ3) is 10.5. The summed E-state index contributed by atoms with van der Waals surface area (Å²) in [4.78, 5) is 56.8. The Morgan fingerprint density at radius 2 is 1.39 bits per heavy atom. The van der Waals surface area contributed by atoms with Gasteiger partial charge in [0.15, 0.2) is 5.78 Å². The number of amides is 3. The van der Waals surface area contributed by atoms with Crippen LogP contribution in [0.1, 0.15) is 65.5 Å². The van der Waals surface area contributed by atoms with Crippen LogP contribution in [0.15, 0.2) is 109 Å². The SMILES string of the molecule is CC(C)(C)OC(=O)N1CCN(CC(O)c2ccc(C(=O)c3ccccc3)c(NC(=O)[C@H](NC(=O)OCc3ccccc3)c3ccccc3)c2)CC1. The lowest BCUT2D eigenvalue weighted by atomic mass is 9.97. The van der Waals surface area contributed by atoms with Crippen molar-refractivity contribution in [1.82, 2.24) is 15.1 Å². The molecule has 0 radical (unpaired) electrons. The van der Waals surface area contributed by atoms with Crippen LogP contribution < -0.4 is 10.6 Å². The molecule has 1 heterocycles. The van der Waals surface area contributed by atoms with Gasteiger partial charge in [-0.3, -0.25) is 14.5 Å². The number of hydrogen-bond donors (Lipinski definition) is 3. The number of nitrogens with one attached hydrogen (secondary N) is 2. The first-order valence-corrected chi connectivity index (χ1v) is 16.9. The first-order chi connectivity index (χ1) is 24.5. The van der Waals surface area contributed by atoms with Crippen LogP contribution in [0.5, 0.6) is 0 Å². The summed E-state index contributed by atoms with van der Waals surface area (Å²) in [6, 6.07) is 30.3. The second kappa shape index (κ2) is 16.9. The Bertz CT molecular complexity index is 1790. The summed E-state index contributed by atoms with van der Waals surface area (Å²) in [6.45, 7) is 7.74. The summed E-state index contributed by atoms with van der Waals surface area (Å²) in [5, 5.41) is 16.9. The Morgan fingerprint density at radius 1 is 0.784 bits per heavy atom. The van der Waals surface area contributed by atoms with Crippen molar-refractivity contribution in [2.75, 3.05) is 38.0 Å². The highest BCUT2D eigenvalue weighted by molar-refractivity contribution is 6.14. The average Bonchev–Trinajstić information content (AvgIpc) is 3.13. The van der Waals surface area contributed by atoms with E-state index in [1.165, 1.54) is 0 Å². The van der Waals surface area contributed by atoms with Crippen LogP contribution in [0.4, 0.5) is 15.3 Å². The van der Waals surface area contributed by atoms with E-state index in [0.29, 0.717) is 42.9 Å². The number of ketones is 1. The van der Waals surface area contributed by atoms with Gasteiger partial charge >= 0.3 is 12.2 Å². The predicted octanol–water partition coefficient (Wildman–Crippen LogP) is 6.11. The zero-order valence-corrected chi connectivity index (χ0v) is 29.1. The number of carbonyl (C=O) groups is 4. The van der Waals surface area contributed by atoms with Crippen LogP contribution in [0, 0.1) is 0 Å². The lowest BCUT2D eigenvalue weighted by Gasteiger charge is -2.36. The van der Waals surface area contributed by atoms with Crippen LogP contribution >= 0.6 is 0 Å². The minimum Gasteiger partial charge on any atom is -0.445 e. The van der Waals surface area contributed by atoms with Crippen LogP contribution in [-0.4, -0.2) is 77.1 Å². The van der Waals surface area contributed by atoms with E-state index < -0.39 is 29.7 Å². The van der Waals surface area contributed by atoms with Gasteiger partial charge in [0, 0.05) is 43.9 Å². The van der Waals surface area contributed by atoms with E-state index in [9.17, 15) is 24.3 Å². The van der Waals surface area contributed by atoms with Gasteiger partial charge in [-0.15, -0.1) is 0 Å². The van der Waals surface area contributed by atoms with E-state index in [-0.39, 0.29) is 36.3 Å². The highest BCUT2D eigenvalue weighted by atomic mass is 16.6. The van der Waals surface area contributed by atoms with Crippen molar-refractivity contribution < 1.29 is 33.8 Å². The van der Waals surface area contributed by atoms with E-state index in [2.05, 4.69) is 10.6 Å². The second-order valence-electron chi connectivity index (χ2n) is 13.3. The van der Waals surface area contributed by atoms with Crippen molar-refractivity contribution in [2.24, 2.45) is 0 Å². The lowest BCUT2D eigenvalue weighted by Crippen LogP contribution is -2.50.